The standard InChI is InChI=1S/C50H40N4/c1-50(2)46-25-32(30-51)13-23-43(46)44-24-22-40(29-47(44)50)39-21-17-35-16-20-38(26-41(35)27-39)34-14-18-37(19-15-34)48(52)54-49-45(36-11-7-4-8-12-36)28-42(31-53-49)33-9-5-3-6-10-33/h3-19,21-29,31,38,49,53H,20H2,1-2H3,(H2,52,54). The van der Waals surface area contributed by atoms with E-state index in [0.29, 0.717) is 11.4 Å². The van der Waals surface area contributed by atoms with Crippen LogP contribution in [-0.2, 0) is 5.41 Å². The summed E-state index contributed by atoms with van der Waals surface area (Å²) in [7, 11) is 0. The van der Waals surface area contributed by atoms with Gasteiger partial charge in [-0.2, -0.15) is 5.26 Å². The van der Waals surface area contributed by atoms with Crippen LogP contribution in [-0.4, -0.2) is 12.0 Å². The van der Waals surface area contributed by atoms with Gasteiger partial charge >= 0.3 is 0 Å². The Labute approximate surface area is 316 Å². The number of nitrogens with zero attached hydrogens (tertiary/aromatic N) is 1. The van der Waals surface area contributed by atoms with Crippen molar-refractivity contribution < 1.29 is 0 Å². The van der Waals surface area contributed by atoms with Gasteiger partial charge in [0.1, 0.15) is 12.0 Å². The van der Waals surface area contributed by atoms with E-state index in [2.05, 4.69) is 170 Å². The van der Waals surface area contributed by atoms with Crippen molar-refractivity contribution in [1.82, 2.24) is 10.6 Å². The second kappa shape index (κ2) is 13.4. The van der Waals surface area contributed by atoms with E-state index >= 15 is 0 Å². The Hall–Kier alpha value is -6.70. The Morgan fingerprint density at radius 2 is 1.39 bits per heavy atom. The van der Waals surface area contributed by atoms with Gasteiger partial charge in [-0.25, -0.2) is 0 Å². The molecule has 0 amide bonds. The summed E-state index contributed by atoms with van der Waals surface area (Å²) < 4.78 is 0. The molecule has 260 valence electrons. The minimum Gasteiger partial charge on any atom is -0.367 e. The fourth-order valence-electron chi connectivity index (χ4n) is 8.32. The van der Waals surface area contributed by atoms with Crippen molar-refractivity contribution >= 4 is 29.1 Å². The molecule has 2 unspecified atom stereocenters. The van der Waals surface area contributed by atoms with Gasteiger partial charge in [0, 0.05) is 28.7 Å². The molecule has 0 saturated carbocycles. The van der Waals surface area contributed by atoms with E-state index in [0.717, 1.165) is 34.3 Å². The van der Waals surface area contributed by atoms with Crippen molar-refractivity contribution in [1.29, 1.82) is 10.7 Å². The van der Waals surface area contributed by atoms with Gasteiger partial charge < -0.3 is 10.6 Å². The van der Waals surface area contributed by atoms with E-state index in [-0.39, 0.29) is 17.5 Å². The molecule has 6 aromatic rings. The van der Waals surface area contributed by atoms with E-state index in [1.165, 1.54) is 49.4 Å². The molecule has 3 aliphatic rings. The number of benzene rings is 6. The predicted octanol–water partition coefficient (Wildman–Crippen LogP) is 9.25. The van der Waals surface area contributed by atoms with Crippen LogP contribution in [0.15, 0.2) is 152 Å². The van der Waals surface area contributed by atoms with Crippen LogP contribution in [0.2, 0.25) is 0 Å². The highest BCUT2D eigenvalue weighted by Crippen LogP contribution is 2.49. The van der Waals surface area contributed by atoms with Crippen molar-refractivity contribution in [2.24, 2.45) is 0 Å². The Morgan fingerprint density at radius 1 is 0.722 bits per heavy atom. The number of amidine groups is 1. The number of rotatable bonds is 6. The van der Waals surface area contributed by atoms with Crippen LogP contribution < -0.4 is 21.1 Å². The SMILES string of the molecule is CC1(C)c2cc(C#N)ccc2-c2ccc(-c3ccc4c(c3)=CC(c3ccc(C(=N)NC5NC=C(c6ccccc6)C=C5c5ccccc5)cc3)CC=4)cc21. The molecular weight excluding hydrogens is 657 g/mol. The maximum absolute atomic E-state index is 9.53. The topological polar surface area (TPSA) is 71.7 Å². The molecule has 6 aromatic carbocycles. The van der Waals surface area contributed by atoms with Crippen LogP contribution in [0.5, 0.6) is 0 Å². The molecule has 2 atom stereocenters. The molecular formula is C50H40N4. The minimum atomic E-state index is -0.248. The zero-order valence-corrected chi connectivity index (χ0v) is 30.4. The van der Waals surface area contributed by atoms with Gasteiger partial charge in [0.15, 0.2) is 0 Å². The van der Waals surface area contributed by atoms with Gasteiger partial charge in [-0.1, -0.05) is 141 Å². The lowest BCUT2D eigenvalue weighted by atomic mass is 9.81. The number of nitriles is 1. The summed E-state index contributed by atoms with van der Waals surface area (Å²) >= 11 is 0. The van der Waals surface area contributed by atoms with Crippen molar-refractivity contribution in [2.75, 3.05) is 0 Å². The highest BCUT2D eigenvalue weighted by molar-refractivity contribution is 5.98. The lowest BCUT2D eigenvalue weighted by molar-refractivity contribution is 0.660. The van der Waals surface area contributed by atoms with Gasteiger partial charge in [0.25, 0.3) is 0 Å². The van der Waals surface area contributed by atoms with Gasteiger partial charge in [-0.3, -0.25) is 5.41 Å². The second-order valence-corrected chi connectivity index (χ2v) is 15.0. The third-order valence-electron chi connectivity index (χ3n) is 11.4. The van der Waals surface area contributed by atoms with Crippen LogP contribution in [0, 0.1) is 16.7 Å². The van der Waals surface area contributed by atoms with Crippen molar-refractivity contribution in [2.45, 2.75) is 37.8 Å². The molecule has 0 radical (unpaired) electrons. The van der Waals surface area contributed by atoms with Gasteiger partial charge in [0.2, 0.25) is 0 Å². The van der Waals surface area contributed by atoms with E-state index in [1.807, 2.05) is 24.4 Å². The molecule has 9 rings (SSSR count). The van der Waals surface area contributed by atoms with E-state index in [9.17, 15) is 5.26 Å². The zero-order chi connectivity index (χ0) is 36.8. The predicted molar refractivity (Wildman–Crippen MR) is 222 cm³/mol. The average molecular weight is 697 g/mol. The monoisotopic (exact) mass is 696 g/mol. The van der Waals surface area contributed by atoms with E-state index < -0.39 is 0 Å². The number of fused-ring (bicyclic) bond motifs is 4. The summed E-state index contributed by atoms with van der Waals surface area (Å²) in [6.45, 7) is 4.52. The van der Waals surface area contributed by atoms with Crippen molar-refractivity contribution in [3.63, 3.8) is 0 Å². The second-order valence-electron chi connectivity index (χ2n) is 15.0. The van der Waals surface area contributed by atoms with Crippen LogP contribution in [0.25, 0.3) is 45.6 Å². The molecule has 2 aliphatic carbocycles. The summed E-state index contributed by atoms with van der Waals surface area (Å²) in [4.78, 5) is 0. The number of nitrogens with one attached hydrogen (secondary N) is 3. The maximum Gasteiger partial charge on any atom is 0.127 e. The highest BCUT2D eigenvalue weighted by atomic mass is 15.1. The van der Waals surface area contributed by atoms with Crippen LogP contribution >= 0.6 is 0 Å². The molecule has 54 heavy (non-hydrogen) atoms. The average Bonchev–Trinajstić information content (AvgIpc) is 3.45. The summed E-state index contributed by atoms with van der Waals surface area (Å²) in [6.07, 6.45) is 9.68. The first kappa shape index (κ1) is 33.2. The number of hydrogen-bond acceptors (Lipinski definition) is 3. The molecule has 0 aromatic heterocycles. The fourth-order valence-corrected chi connectivity index (χ4v) is 8.32. The molecule has 4 heteroatoms. The first-order chi connectivity index (χ1) is 26.4. The lowest BCUT2D eigenvalue weighted by Gasteiger charge is -2.28. The maximum atomic E-state index is 9.53. The quantitative estimate of drug-likeness (QED) is 0.120. The van der Waals surface area contributed by atoms with E-state index in [1.54, 1.807) is 0 Å². The Morgan fingerprint density at radius 3 is 2.13 bits per heavy atom. The molecule has 0 bridgehead atoms. The third-order valence-corrected chi connectivity index (χ3v) is 11.4. The fraction of sp³-hybridized carbons (Fsp3) is 0.120. The molecule has 0 saturated heterocycles. The largest absolute Gasteiger partial charge is 0.367 e. The third kappa shape index (κ3) is 5.94. The number of dihydropyridines is 1. The first-order valence-electron chi connectivity index (χ1n) is 18.6. The Balaban J connectivity index is 0.940. The summed E-state index contributed by atoms with van der Waals surface area (Å²) in [6, 6.07) is 51.2. The van der Waals surface area contributed by atoms with Gasteiger partial charge in [-0.05, 0) is 103 Å². The van der Waals surface area contributed by atoms with Crippen molar-refractivity contribution in [3.05, 3.63) is 201 Å². The Kier molecular flexibility index (Phi) is 8.21. The molecule has 4 nitrogen and oxygen atoms in total. The molecule has 1 aliphatic heterocycles. The molecule has 1 heterocycles. The molecule has 0 spiro atoms. The number of hydrogen-bond donors (Lipinski definition) is 3. The van der Waals surface area contributed by atoms with E-state index in [4.69, 9.17) is 5.41 Å². The van der Waals surface area contributed by atoms with Crippen LogP contribution in [0.4, 0.5) is 0 Å². The molecule has 0 fully saturated rings. The summed E-state index contributed by atoms with van der Waals surface area (Å²) in [5.41, 5.74) is 14.5. The van der Waals surface area contributed by atoms with Crippen LogP contribution in [0.1, 0.15) is 65.1 Å². The minimum absolute atomic E-state index is 0.179. The van der Waals surface area contributed by atoms with Gasteiger partial charge in [-0.15, -0.1) is 0 Å². The Bertz CT molecular complexity index is 2680. The summed E-state index contributed by atoms with van der Waals surface area (Å²) in [5.74, 6) is 0.624. The normalized spacial score (nSPS) is 17.5. The summed E-state index contributed by atoms with van der Waals surface area (Å²) in [5, 5.41) is 28.1. The highest BCUT2D eigenvalue weighted by Gasteiger charge is 2.35. The smallest absolute Gasteiger partial charge is 0.127 e. The number of allylic oxidation sites excluding steroid dienone is 2. The molecule has 3 N–H and O–H groups in total. The van der Waals surface area contributed by atoms with Crippen molar-refractivity contribution in [3.8, 4) is 28.3 Å². The first-order valence-corrected chi connectivity index (χ1v) is 18.6. The lowest BCUT2D eigenvalue weighted by Crippen LogP contribution is -2.45. The van der Waals surface area contributed by atoms with Gasteiger partial charge in [0.05, 0.1) is 11.6 Å². The van der Waals surface area contributed by atoms with Crippen LogP contribution in [0.3, 0.4) is 0 Å². The zero-order valence-electron chi connectivity index (χ0n) is 30.4.